The van der Waals surface area contributed by atoms with Crippen LogP contribution in [-0.4, -0.2) is 11.9 Å². The van der Waals surface area contributed by atoms with Crippen molar-refractivity contribution in [1.29, 1.82) is 0 Å². The number of carbonyl (C=O) groups excluding carboxylic acids is 1. The standard InChI is InChI=1S/C14H16F3NO/c1-9-6-7-10(8-9)18-13(19)11-4-2-3-5-12(11)14(15,16)17/h2-5,9-10H,6-8H2,1H3,(H,18,19). The molecule has 1 N–H and O–H groups in total. The fourth-order valence-electron chi connectivity index (χ4n) is 2.53. The van der Waals surface area contributed by atoms with Crippen molar-refractivity contribution in [2.75, 3.05) is 0 Å². The Labute approximate surface area is 110 Å². The predicted molar refractivity (Wildman–Crippen MR) is 65.7 cm³/mol. The molecular weight excluding hydrogens is 255 g/mol. The van der Waals surface area contributed by atoms with E-state index < -0.39 is 17.6 Å². The molecule has 1 aromatic carbocycles. The summed E-state index contributed by atoms with van der Waals surface area (Å²) in [6, 6.07) is 4.88. The quantitative estimate of drug-likeness (QED) is 0.874. The summed E-state index contributed by atoms with van der Waals surface area (Å²) in [5.41, 5.74) is -1.17. The van der Waals surface area contributed by atoms with Crippen molar-refractivity contribution in [3.05, 3.63) is 35.4 Å². The van der Waals surface area contributed by atoms with E-state index in [0.29, 0.717) is 5.92 Å². The molecule has 104 valence electrons. The maximum absolute atomic E-state index is 12.8. The number of rotatable bonds is 2. The summed E-state index contributed by atoms with van der Waals surface area (Å²) in [4.78, 5) is 12.0. The van der Waals surface area contributed by atoms with Crippen molar-refractivity contribution in [3.63, 3.8) is 0 Å². The summed E-state index contributed by atoms with van der Waals surface area (Å²) < 4.78 is 38.4. The minimum atomic E-state index is -4.50. The fraction of sp³-hybridized carbons (Fsp3) is 0.500. The van der Waals surface area contributed by atoms with E-state index >= 15 is 0 Å². The maximum atomic E-state index is 12.8. The van der Waals surface area contributed by atoms with Gasteiger partial charge in [-0.3, -0.25) is 4.79 Å². The molecule has 1 aliphatic carbocycles. The molecule has 0 saturated heterocycles. The van der Waals surface area contributed by atoms with Gasteiger partial charge in [0.2, 0.25) is 0 Å². The number of nitrogens with one attached hydrogen (secondary N) is 1. The first kappa shape index (κ1) is 13.9. The Kier molecular flexibility index (Phi) is 3.83. The molecule has 0 radical (unpaired) electrons. The first-order valence-corrected chi connectivity index (χ1v) is 6.35. The molecule has 2 nitrogen and oxygen atoms in total. The largest absolute Gasteiger partial charge is 0.417 e. The van der Waals surface area contributed by atoms with Gasteiger partial charge in [-0.2, -0.15) is 13.2 Å². The van der Waals surface area contributed by atoms with Crippen molar-refractivity contribution in [1.82, 2.24) is 5.32 Å². The molecule has 2 unspecified atom stereocenters. The van der Waals surface area contributed by atoms with E-state index in [9.17, 15) is 18.0 Å². The third-order valence-electron chi connectivity index (χ3n) is 3.51. The molecule has 1 amide bonds. The van der Waals surface area contributed by atoms with Crippen LogP contribution in [0.2, 0.25) is 0 Å². The van der Waals surface area contributed by atoms with E-state index in [4.69, 9.17) is 0 Å². The minimum absolute atomic E-state index is 0.0104. The number of hydrogen-bond donors (Lipinski definition) is 1. The van der Waals surface area contributed by atoms with Gasteiger partial charge in [-0.05, 0) is 37.3 Å². The number of alkyl halides is 3. The van der Waals surface area contributed by atoms with Gasteiger partial charge in [-0.15, -0.1) is 0 Å². The zero-order chi connectivity index (χ0) is 14.0. The number of halogens is 3. The van der Waals surface area contributed by atoms with Crippen molar-refractivity contribution in [2.24, 2.45) is 5.92 Å². The summed E-state index contributed by atoms with van der Waals surface area (Å²) >= 11 is 0. The van der Waals surface area contributed by atoms with Crippen LogP contribution in [-0.2, 0) is 6.18 Å². The molecule has 0 bridgehead atoms. The lowest BCUT2D eigenvalue weighted by Crippen LogP contribution is -2.34. The molecule has 5 heteroatoms. The number of benzene rings is 1. The van der Waals surface area contributed by atoms with Gasteiger partial charge in [0, 0.05) is 6.04 Å². The van der Waals surface area contributed by atoms with Gasteiger partial charge in [0.1, 0.15) is 0 Å². The van der Waals surface area contributed by atoms with E-state index in [1.807, 2.05) is 0 Å². The number of amides is 1. The molecular formula is C14H16F3NO. The molecule has 2 rings (SSSR count). The Morgan fingerprint density at radius 2 is 1.95 bits per heavy atom. The topological polar surface area (TPSA) is 29.1 Å². The average Bonchev–Trinajstić information content (AvgIpc) is 2.73. The molecule has 19 heavy (non-hydrogen) atoms. The fourth-order valence-corrected chi connectivity index (χ4v) is 2.53. The maximum Gasteiger partial charge on any atom is 0.417 e. The van der Waals surface area contributed by atoms with E-state index in [-0.39, 0.29) is 11.6 Å². The van der Waals surface area contributed by atoms with Crippen molar-refractivity contribution in [2.45, 2.75) is 38.4 Å². The molecule has 0 heterocycles. The van der Waals surface area contributed by atoms with Gasteiger partial charge in [0.05, 0.1) is 11.1 Å². The molecule has 1 saturated carbocycles. The third kappa shape index (κ3) is 3.28. The van der Waals surface area contributed by atoms with Gasteiger partial charge >= 0.3 is 6.18 Å². The van der Waals surface area contributed by atoms with Gasteiger partial charge < -0.3 is 5.32 Å². The second-order valence-corrected chi connectivity index (χ2v) is 5.13. The molecule has 0 spiro atoms. The lowest BCUT2D eigenvalue weighted by Gasteiger charge is -2.16. The van der Waals surface area contributed by atoms with Crippen LogP contribution in [0.5, 0.6) is 0 Å². The van der Waals surface area contributed by atoms with Crippen LogP contribution in [0.1, 0.15) is 42.1 Å². The second-order valence-electron chi connectivity index (χ2n) is 5.13. The molecule has 2 atom stereocenters. The highest BCUT2D eigenvalue weighted by molar-refractivity contribution is 5.96. The molecule has 1 aromatic rings. The Bertz CT molecular complexity index is 470. The third-order valence-corrected chi connectivity index (χ3v) is 3.51. The highest BCUT2D eigenvalue weighted by Gasteiger charge is 2.35. The average molecular weight is 271 g/mol. The Balaban J connectivity index is 2.15. The van der Waals surface area contributed by atoms with E-state index in [1.165, 1.54) is 18.2 Å². The smallest absolute Gasteiger partial charge is 0.349 e. The van der Waals surface area contributed by atoms with Crippen molar-refractivity contribution < 1.29 is 18.0 Å². The SMILES string of the molecule is CC1CCC(NC(=O)c2ccccc2C(F)(F)F)C1. The van der Waals surface area contributed by atoms with Gasteiger partial charge in [0.25, 0.3) is 5.91 Å². The predicted octanol–water partition coefficient (Wildman–Crippen LogP) is 3.62. The monoisotopic (exact) mass is 271 g/mol. The van der Waals surface area contributed by atoms with Gasteiger partial charge in [-0.25, -0.2) is 0 Å². The van der Waals surface area contributed by atoms with Crippen LogP contribution >= 0.6 is 0 Å². The van der Waals surface area contributed by atoms with Gasteiger partial charge in [-0.1, -0.05) is 19.1 Å². The minimum Gasteiger partial charge on any atom is -0.349 e. The van der Waals surface area contributed by atoms with E-state index in [0.717, 1.165) is 25.3 Å². The molecule has 1 aliphatic rings. The first-order valence-electron chi connectivity index (χ1n) is 6.35. The summed E-state index contributed by atoms with van der Waals surface area (Å²) in [6.45, 7) is 2.08. The van der Waals surface area contributed by atoms with Crippen LogP contribution in [0, 0.1) is 5.92 Å². The van der Waals surface area contributed by atoms with Crippen LogP contribution < -0.4 is 5.32 Å². The molecule has 0 aliphatic heterocycles. The van der Waals surface area contributed by atoms with E-state index in [1.54, 1.807) is 0 Å². The van der Waals surface area contributed by atoms with E-state index in [2.05, 4.69) is 12.2 Å². The van der Waals surface area contributed by atoms with Crippen LogP contribution in [0.25, 0.3) is 0 Å². The number of carbonyl (C=O) groups is 1. The van der Waals surface area contributed by atoms with Crippen LogP contribution in [0.4, 0.5) is 13.2 Å². The second kappa shape index (κ2) is 5.23. The Hall–Kier alpha value is -1.52. The van der Waals surface area contributed by atoms with Crippen molar-refractivity contribution in [3.8, 4) is 0 Å². The number of hydrogen-bond acceptors (Lipinski definition) is 1. The van der Waals surface area contributed by atoms with Crippen molar-refractivity contribution >= 4 is 5.91 Å². The first-order chi connectivity index (χ1) is 8.88. The normalized spacial score (nSPS) is 23.4. The lowest BCUT2D eigenvalue weighted by atomic mass is 10.1. The lowest BCUT2D eigenvalue weighted by molar-refractivity contribution is -0.137. The van der Waals surface area contributed by atoms with Gasteiger partial charge in [0.15, 0.2) is 0 Å². The van der Waals surface area contributed by atoms with Crippen LogP contribution in [0.15, 0.2) is 24.3 Å². The Morgan fingerprint density at radius 1 is 1.26 bits per heavy atom. The highest BCUT2D eigenvalue weighted by Crippen LogP contribution is 2.32. The Morgan fingerprint density at radius 3 is 2.53 bits per heavy atom. The molecule has 1 fully saturated rings. The molecule has 0 aromatic heterocycles. The summed E-state index contributed by atoms with van der Waals surface area (Å²) in [6.07, 6.45) is -1.83. The zero-order valence-electron chi connectivity index (χ0n) is 10.6. The summed E-state index contributed by atoms with van der Waals surface area (Å²) in [7, 11) is 0. The van der Waals surface area contributed by atoms with Crippen LogP contribution in [0.3, 0.4) is 0 Å². The summed E-state index contributed by atoms with van der Waals surface area (Å²) in [5, 5.41) is 2.70. The highest BCUT2D eigenvalue weighted by atomic mass is 19.4. The zero-order valence-corrected chi connectivity index (χ0v) is 10.6. The summed E-state index contributed by atoms with van der Waals surface area (Å²) in [5.74, 6) is -0.116.